The maximum atomic E-state index is 13.0. The average molecular weight is 437 g/mol. The third kappa shape index (κ3) is 4.79. The second kappa shape index (κ2) is 9.30. The van der Waals surface area contributed by atoms with Crippen molar-refractivity contribution in [2.45, 2.75) is 59.9 Å². The molecule has 2 unspecified atom stereocenters. The van der Waals surface area contributed by atoms with E-state index in [2.05, 4.69) is 47.4 Å². The summed E-state index contributed by atoms with van der Waals surface area (Å²) in [5.41, 5.74) is 4.80. The predicted molar refractivity (Wildman–Crippen MR) is 123 cm³/mol. The number of carbonyl (C=O) groups is 1. The van der Waals surface area contributed by atoms with Crippen LogP contribution in [0.5, 0.6) is 0 Å². The van der Waals surface area contributed by atoms with Crippen molar-refractivity contribution < 1.29 is 14.1 Å². The van der Waals surface area contributed by atoms with Gasteiger partial charge in [-0.3, -0.25) is 14.3 Å². The van der Waals surface area contributed by atoms with Gasteiger partial charge in [0.25, 0.3) is 5.91 Å². The Balaban J connectivity index is 1.46. The van der Waals surface area contributed by atoms with Crippen molar-refractivity contribution in [1.29, 1.82) is 0 Å². The van der Waals surface area contributed by atoms with Crippen molar-refractivity contribution in [3.63, 3.8) is 0 Å². The van der Waals surface area contributed by atoms with Crippen molar-refractivity contribution in [2.24, 2.45) is 0 Å². The largest absolute Gasteiger partial charge is 0.373 e. The number of carbonyl (C=O) groups excluding carboxylic acids is 1. The summed E-state index contributed by atoms with van der Waals surface area (Å²) in [6.07, 6.45) is 0.462. The first kappa shape index (κ1) is 22.3. The Morgan fingerprint density at radius 3 is 2.44 bits per heavy atom. The number of benzene rings is 1. The Morgan fingerprint density at radius 2 is 1.78 bits per heavy atom. The van der Waals surface area contributed by atoms with Crippen LogP contribution in [0.4, 0.5) is 0 Å². The first-order valence-electron chi connectivity index (χ1n) is 11.2. The summed E-state index contributed by atoms with van der Waals surface area (Å²) in [5, 5.41) is 7.20. The van der Waals surface area contributed by atoms with Gasteiger partial charge in [-0.05, 0) is 51.8 Å². The van der Waals surface area contributed by atoms with Crippen molar-refractivity contribution in [2.75, 3.05) is 13.1 Å². The van der Waals surface area contributed by atoms with Gasteiger partial charge in [-0.15, -0.1) is 0 Å². The molecule has 32 heavy (non-hydrogen) atoms. The van der Waals surface area contributed by atoms with Crippen LogP contribution in [0.2, 0.25) is 0 Å². The summed E-state index contributed by atoms with van der Waals surface area (Å²) in [5.74, 6) is 1.34. The fourth-order valence-corrected chi connectivity index (χ4v) is 4.61. The van der Waals surface area contributed by atoms with E-state index in [1.807, 2.05) is 43.5 Å². The molecule has 1 amide bonds. The maximum Gasteiger partial charge on any atom is 0.253 e. The Labute approximate surface area is 189 Å². The lowest BCUT2D eigenvalue weighted by atomic mass is 10.1. The minimum absolute atomic E-state index is 0.0898. The molecule has 1 aliphatic heterocycles. The predicted octanol–water partition coefficient (Wildman–Crippen LogP) is 3.93. The molecule has 7 heteroatoms. The van der Waals surface area contributed by atoms with E-state index in [1.54, 1.807) is 0 Å². The van der Waals surface area contributed by atoms with Crippen LogP contribution in [0.15, 0.2) is 40.9 Å². The highest BCUT2D eigenvalue weighted by Gasteiger charge is 2.23. The lowest BCUT2D eigenvalue weighted by Crippen LogP contribution is -2.45. The molecule has 7 nitrogen and oxygen atoms in total. The molecule has 0 radical (unpaired) electrons. The summed E-state index contributed by atoms with van der Waals surface area (Å²) in [4.78, 5) is 15.5. The fraction of sp³-hybridized carbons (Fsp3) is 0.440. The van der Waals surface area contributed by atoms with Gasteiger partial charge < -0.3 is 14.6 Å². The molecule has 1 aliphatic rings. The number of hydrogen-bond donors (Lipinski definition) is 1. The van der Waals surface area contributed by atoms with Crippen molar-refractivity contribution in [3.05, 3.63) is 70.2 Å². The molecule has 4 rings (SSSR count). The molecule has 3 aromatic rings. The second-order valence-electron chi connectivity index (χ2n) is 8.82. The Kier molecular flexibility index (Phi) is 6.48. The minimum atomic E-state index is -0.0898. The molecule has 2 aromatic heterocycles. The Bertz CT molecular complexity index is 1090. The third-order valence-electron chi connectivity index (χ3n) is 5.97. The summed E-state index contributed by atoms with van der Waals surface area (Å²) >= 11 is 0. The number of nitrogens with one attached hydrogen (secondary N) is 1. The number of aryl methyl sites for hydroxylation is 2. The van der Waals surface area contributed by atoms with Gasteiger partial charge in [0.2, 0.25) is 0 Å². The molecule has 0 aliphatic carbocycles. The highest BCUT2D eigenvalue weighted by molar-refractivity contribution is 5.95. The molecule has 0 saturated carbocycles. The zero-order valence-corrected chi connectivity index (χ0v) is 19.5. The number of nitrogens with zero attached hydrogens (tertiary/aromatic N) is 3. The van der Waals surface area contributed by atoms with E-state index in [1.165, 1.54) is 5.56 Å². The number of amides is 1. The molecule has 0 spiro atoms. The number of rotatable bonds is 6. The summed E-state index contributed by atoms with van der Waals surface area (Å²) < 4.78 is 13.0. The average Bonchev–Trinajstić information content (AvgIpc) is 3.28. The van der Waals surface area contributed by atoms with Gasteiger partial charge in [-0.25, -0.2) is 0 Å². The van der Waals surface area contributed by atoms with Crippen LogP contribution < -0.4 is 5.32 Å². The molecule has 170 valence electrons. The topological polar surface area (TPSA) is 72.5 Å². The number of aromatic nitrogens is 2. The Morgan fingerprint density at radius 1 is 1.09 bits per heavy atom. The first-order chi connectivity index (χ1) is 15.3. The molecular formula is C25H32N4O3. The monoisotopic (exact) mass is 436 g/mol. The van der Waals surface area contributed by atoms with Gasteiger partial charge >= 0.3 is 0 Å². The van der Waals surface area contributed by atoms with Gasteiger partial charge in [0, 0.05) is 43.6 Å². The van der Waals surface area contributed by atoms with Crippen LogP contribution in [0.3, 0.4) is 0 Å². The smallest absolute Gasteiger partial charge is 0.253 e. The van der Waals surface area contributed by atoms with Crippen molar-refractivity contribution in [1.82, 2.24) is 19.9 Å². The lowest BCUT2D eigenvalue weighted by Gasteiger charge is -2.35. The van der Waals surface area contributed by atoms with Crippen LogP contribution in [-0.4, -0.2) is 45.8 Å². The molecule has 1 aromatic carbocycles. The lowest BCUT2D eigenvalue weighted by molar-refractivity contribution is -0.0705. The van der Waals surface area contributed by atoms with Gasteiger partial charge in [0.1, 0.15) is 5.76 Å². The van der Waals surface area contributed by atoms with Crippen molar-refractivity contribution in [3.8, 4) is 5.82 Å². The van der Waals surface area contributed by atoms with Crippen LogP contribution in [0, 0.1) is 20.8 Å². The fourth-order valence-electron chi connectivity index (χ4n) is 4.61. The zero-order valence-electron chi connectivity index (χ0n) is 19.5. The van der Waals surface area contributed by atoms with E-state index in [-0.39, 0.29) is 18.1 Å². The van der Waals surface area contributed by atoms with Crippen LogP contribution in [-0.2, 0) is 17.8 Å². The SMILES string of the molecule is Cc1cc(-n2c(C)cc(C(=O)NCc3ccccc3CN3CC(C)OC(C)C3)c2C)no1. The molecular weight excluding hydrogens is 404 g/mol. The summed E-state index contributed by atoms with van der Waals surface area (Å²) in [7, 11) is 0. The van der Waals surface area contributed by atoms with E-state index < -0.39 is 0 Å². The number of morpholine rings is 1. The molecule has 0 bridgehead atoms. The Hall–Kier alpha value is -2.90. The molecule has 3 heterocycles. The summed E-state index contributed by atoms with van der Waals surface area (Å²) in [6.45, 7) is 13.2. The van der Waals surface area contributed by atoms with E-state index in [0.29, 0.717) is 17.9 Å². The highest BCUT2D eigenvalue weighted by atomic mass is 16.5. The van der Waals surface area contributed by atoms with Crippen LogP contribution in [0.1, 0.15) is 52.5 Å². The molecule has 2 atom stereocenters. The van der Waals surface area contributed by atoms with E-state index in [0.717, 1.165) is 42.3 Å². The highest BCUT2D eigenvalue weighted by Crippen LogP contribution is 2.21. The number of ether oxygens (including phenoxy) is 1. The second-order valence-corrected chi connectivity index (χ2v) is 8.82. The minimum Gasteiger partial charge on any atom is -0.373 e. The third-order valence-corrected chi connectivity index (χ3v) is 5.97. The van der Waals surface area contributed by atoms with Gasteiger partial charge in [-0.2, -0.15) is 0 Å². The van der Waals surface area contributed by atoms with E-state index in [9.17, 15) is 4.79 Å². The quantitative estimate of drug-likeness (QED) is 0.634. The summed E-state index contributed by atoms with van der Waals surface area (Å²) in [6, 6.07) is 12.1. The van der Waals surface area contributed by atoms with E-state index >= 15 is 0 Å². The number of hydrogen-bond acceptors (Lipinski definition) is 5. The molecule has 1 N–H and O–H groups in total. The van der Waals surface area contributed by atoms with Gasteiger partial charge in [0.15, 0.2) is 5.82 Å². The van der Waals surface area contributed by atoms with Crippen LogP contribution in [0.25, 0.3) is 5.82 Å². The van der Waals surface area contributed by atoms with Crippen LogP contribution >= 0.6 is 0 Å². The van der Waals surface area contributed by atoms with Gasteiger partial charge in [-0.1, -0.05) is 29.4 Å². The first-order valence-corrected chi connectivity index (χ1v) is 11.2. The molecule has 1 saturated heterocycles. The molecule has 1 fully saturated rings. The van der Waals surface area contributed by atoms with E-state index in [4.69, 9.17) is 9.26 Å². The van der Waals surface area contributed by atoms with Gasteiger partial charge in [0.05, 0.1) is 17.8 Å². The zero-order chi connectivity index (χ0) is 22.8. The maximum absolute atomic E-state index is 13.0. The van der Waals surface area contributed by atoms with Crippen molar-refractivity contribution >= 4 is 5.91 Å². The standard InChI is InChI=1S/C25H32N4O3/c1-16-10-23(20(5)29(16)24-11-17(2)32-27-24)25(30)26-12-21-8-6-7-9-22(21)15-28-13-18(3)31-19(4)14-28/h6-11,18-19H,12-15H2,1-5H3,(H,26,30). The normalized spacial score (nSPS) is 19.3.